The third-order valence-electron chi connectivity index (χ3n) is 2.32. The van der Waals surface area contributed by atoms with Crippen molar-refractivity contribution < 1.29 is 4.79 Å². The van der Waals surface area contributed by atoms with E-state index in [1.165, 1.54) is 6.92 Å². The molecule has 0 fully saturated rings. The number of amides is 1. The van der Waals surface area contributed by atoms with Gasteiger partial charge in [0.05, 0.1) is 11.0 Å². The van der Waals surface area contributed by atoms with Crippen molar-refractivity contribution in [2.75, 3.05) is 5.32 Å². The van der Waals surface area contributed by atoms with Crippen molar-refractivity contribution in [3.05, 3.63) is 24.3 Å². The SMILES string of the molecule is CC(=O)Nc1nc2ccccc2n2nnnc12. The zero-order valence-electron chi connectivity index (χ0n) is 8.95. The third-order valence-corrected chi connectivity index (χ3v) is 2.32. The monoisotopic (exact) mass is 228 g/mol. The summed E-state index contributed by atoms with van der Waals surface area (Å²) in [6.07, 6.45) is 0. The lowest BCUT2D eigenvalue weighted by Gasteiger charge is -2.04. The lowest BCUT2D eigenvalue weighted by atomic mass is 10.3. The molecule has 84 valence electrons. The second kappa shape index (κ2) is 3.48. The van der Waals surface area contributed by atoms with Crippen molar-refractivity contribution in [3.63, 3.8) is 0 Å². The van der Waals surface area contributed by atoms with Gasteiger partial charge in [0.2, 0.25) is 11.6 Å². The van der Waals surface area contributed by atoms with Crippen LogP contribution in [0.15, 0.2) is 24.3 Å². The molecule has 1 amide bonds. The number of rotatable bonds is 1. The molecule has 7 nitrogen and oxygen atoms in total. The lowest BCUT2D eigenvalue weighted by Crippen LogP contribution is -2.10. The molecule has 0 aliphatic carbocycles. The number of hydrogen-bond acceptors (Lipinski definition) is 5. The predicted molar refractivity (Wildman–Crippen MR) is 60.4 cm³/mol. The standard InChI is InChI=1S/C10H8N6O/c1-6(17)11-9-10-13-14-15-16(10)8-5-3-2-4-7(8)12-9/h2-5H,1H3,(H,11,12,17). The van der Waals surface area contributed by atoms with E-state index in [0.717, 1.165) is 11.0 Å². The Morgan fingerprint density at radius 1 is 1.35 bits per heavy atom. The fourth-order valence-electron chi connectivity index (χ4n) is 1.66. The second-order valence-electron chi connectivity index (χ2n) is 3.54. The fraction of sp³-hybridized carbons (Fsp3) is 0.100. The minimum absolute atomic E-state index is 0.210. The largest absolute Gasteiger partial charge is 0.308 e. The molecule has 3 rings (SSSR count). The summed E-state index contributed by atoms with van der Waals surface area (Å²) in [5, 5.41) is 13.9. The first kappa shape index (κ1) is 9.64. The van der Waals surface area contributed by atoms with Crippen LogP contribution in [0.3, 0.4) is 0 Å². The van der Waals surface area contributed by atoms with Gasteiger partial charge < -0.3 is 5.32 Å². The van der Waals surface area contributed by atoms with E-state index in [4.69, 9.17) is 0 Å². The third kappa shape index (κ3) is 1.48. The minimum Gasteiger partial charge on any atom is -0.308 e. The normalized spacial score (nSPS) is 10.9. The maximum Gasteiger partial charge on any atom is 0.222 e. The van der Waals surface area contributed by atoms with Gasteiger partial charge in [-0.25, -0.2) is 4.98 Å². The van der Waals surface area contributed by atoms with Gasteiger partial charge in [-0.3, -0.25) is 4.79 Å². The van der Waals surface area contributed by atoms with E-state index < -0.39 is 0 Å². The lowest BCUT2D eigenvalue weighted by molar-refractivity contribution is -0.114. The summed E-state index contributed by atoms with van der Waals surface area (Å²) < 4.78 is 1.55. The van der Waals surface area contributed by atoms with E-state index in [9.17, 15) is 4.79 Å². The second-order valence-corrected chi connectivity index (χ2v) is 3.54. The summed E-state index contributed by atoms with van der Waals surface area (Å²) in [6, 6.07) is 7.44. The van der Waals surface area contributed by atoms with Gasteiger partial charge in [-0.2, -0.15) is 4.52 Å². The van der Waals surface area contributed by atoms with Gasteiger partial charge in [-0.05, 0) is 22.6 Å². The topological polar surface area (TPSA) is 85.1 Å². The number of nitrogens with zero attached hydrogens (tertiary/aromatic N) is 5. The quantitative estimate of drug-likeness (QED) is 0.660. The summed E-state index contributed by atoms with van der Waals surface area (Å²) in [4.78, 5) is 15.4. The van der Waals surface area contributed by atoms with Crippen LogP contribution in [0.2, 0.25) is 0 Å². The van der Waals surface area contributed by atoms with Crippen LogP contribution in [0.5, 0.6) is 0 Å². The van der Waals surface area contributed by atoms with Crippen molar-refractivity contribution in [1.82, 2.24) is 25.0 Å². The highest BCUT2D eigenvalue weighted by Crippen LogP contribution is 2.18. The van der Waals surface area contributed by atoms with Crippen molar-refractivity contribution in [2.45, 2.75) is 6.92 Å². The van der Waals surface area contributed by atoms with E-state index in [-0.39, 0.29) is 5.91 Å². The van der Waals surface area contributed by atoms with Gasteiger partial charge in [-0.15, -0.1) is 5.10 Å². The van der Waals surface area contributed by atoms with Gasteiger partial charge in [0.15, 0.2) is 5.82 Å². The zero-order valence-corrected chi connectivity index (χ0v) is 8.95. The maximum atomic E-state index is 11.1. The summed E-state index contributed by atoms with van der Waals surface area (Å²) in [6.45, 7) is 1.41. The van der Waals surface area contributed by atoms with E-state index in [0.29, 0.717) is 11.5 Å². The number of para-hydroxylation sites is 2. The van der Waals surface area contributed by atoms with Gasteiger partial charge in [0.1, 0.15) is 0 Å². The number of fused-ring (bicyclic) bond motifs is 3. The van der Waals surface area contributed by atoms with Gasteiger partial charge in [0, 0.05) is 6.92 Å². The molecular formula is C10H8N6O. The Morgan fingerprint density at radius 3 is 3.00 bits per heavy atom. The number of anilines is 1. The van der Waals surface area contributed by atoms with Crippen LogP contribution in [0.1, 0.15) is 6.92 Å². The number of aromatic nitrogens is 5. The number of nitrogens with one attached hydrogen (secondary N) is 1. The Morgan fingerprint density at radius 2 is 2.18 bits per heavy atom. The Labute approximate surface area is 95.5 Å². The molecule has 0 aliphatic heterocycles. The number of benzene rings is 1. The Kier molecular flexibility index (Phi) is 1.97. The average molecular weight is 228 g/mol. The predicted octanol–water partition coefficient (Wildman–Crippen LogP) is 0.631. The van der Waals surface area contributed by atoms with Crippen LogP contribution in [-0.4, -0.2) is 30.9 Å². The van der Waals surface area contributed by atoms with Crippen molar-refractivity contribution in [2.24, 2.45) is 0 Å². The molecule has 7 heteroatoms. The molecule has 0 unspecified atom stereocenters. The summed E-state index contributed by atoms with van der Waals surface area (Å²) in [7, 11) is 0. The van der Waals surface area contributed by atoms with Crippen LogP contribution >= 0.6 is 0 Å². The molecule has 1 aromatic carbocycles. The Hall–Kier alpha value is -2.57. The van der Waals surface area contributed by atoms with Crippen LogP contribution in [0.25, 0.3) is 16.7 Å². The first-order valence-corrected chi connectivity index (χ1v) is 5.00. The zero-order chi connectivity index (χ0) is 11.8. The molecule has 0 saturated heterocycles. The van der Waals surface area contributed by atoms with Gasteiger partial charge in [-0.1, -0.05) is 12.1 Å². The van der Waals surface area contributed by atoms with Crippen LogP contribution in [0.4, 0.5) is 5.82 Å². The smallest absolute Gasteiger partial charge is 0.222 e. The van der Waals surface area contributed by atoms with E-state index >= 15 is 0 Å². The summed E-state index contributed by atoms with van der Waals surface area (Å²) in [5.41, 5.74) is 1.94. The molecule has 0 aliphatic rings. The average Bonchev–Trinajstić information content (AvgIpc) is 2.78. The molecule has 0 radical (unpaired) electrons. The van der Waals surface area contributed by atoms with E-state index in [1.807, 2.05) is 24.3 Å². The molecule has 0 saturated carbocycles. The van der Waals surface area contributed by atoms with Crippen LogP contribution < -0.4 is 5.32 Å². The molecule has 2 aromatic heterocycles. The maximum absolute atomic E-state index is 11.1. The molecule has 3 aromatic rings. The van der Waals surface area contributed by atoms with E-state index in [2.05, 4.69) is 25.8 Å². The van der Waals surface area contributed by atoms with Crippen molar-refractivity contribution >= 4 is 28.4 Å². The number of tetrazole rings is 1. The van der Waals surface area contributed by atoms with Crippen molar-refractivity contribution in [1.29, 1.82) is 0 Å². The summed E-state index contributed by atoms with van der Waals surface area (Å²) >= 11 is 0. The molecule has 1 N–H and O–H groups in total. The van der Waals surface area contributed by atoms with Crippen LogP contribution in [0, 0.1) is 0 Å². The fourth-order valence-corrected chi connectivity index (χ4v) is 1.66. The Balaban J connectivity index is 2.39. The highest BCUT2D eigenvalue weighted by atomic mass is 16.1. The first-order valence-electron chi connectivity index (χ1n) is 5.00. The molecule has 0 spiro atoms. The molecule has 0 atom stereocenters. The summed E-state index contributed by atoms with van der Waals surface area (Å²) in [5.74, 6) is 0.152. The van der Waals surface area contributed by atoms with Gasteiger partial charge >= 0.3 is 0 Å². The molecule has 2 heterocycles. The number of carbonyl (C=O) groups excluding carboxylic acids is 1. The molecule has 0 bridgehead atoms. The first-order chi connectivity index (χ1) is 8.25. The number of carbonyl (C=O) groups is 1. The highest BCUT2D eigenvalue weighted by molar-refractivity contribution is 5.93. The van der Waals surface area contributed by atoms with Crippen molar-refractivity contribution in [3.8, 4) is 0 Å². The minimum atomic E-state index is -0.210. The van der Waals surface area contributed by atoms with Crippen LogP contribution in [-0.2, 0) is 4.79 Å². The number of hydrogen-bond donors (Lipinski definition) is 1. The molecule has 17 heavy (non-hydrogen) atoms. The molecular weight excluding hydrogens is 220 g/mol. The highest BCUT2D eigenvalue weighted by Gasteiger charge is 2.11. The van der Waals surface area contributed by atoms with Gasteiger partial charge in [0.25, 0.3) is 0 Å². The Bertz CT molecular complexity index is 719. The van der Waals surface area contributed by atoms with E-state index in [1.54, 1.807) is 4.52 Å².